The smallest absolute Gasteiger partial charge is 0.243 e. The van der Waals surface area contributed by atoms with Crippen LogP contribution in [0.15, 0.2) is 35.2 Å². The number of benzene rings is 1. The minimum atomic E-state index is -3.58. The van der Waals surface area contributed by atoms with Crippen LogP contribution in [0.5, 0.6) is 0 Å². The quantitative estimate of drug-likeness (QED) is 0.713. The van der Waals surface area contributed by atoms with Crippen LogP contribution in [0.1, 0.15) is 12.8 Å². The van der Waals surface area contributed by atoms with E-state index in [9.17, 15) is 18.3 Å². The van der Waals surface area contributed by atoms with E-state index in [0.29, 0.717) is 25.9 Å². The molecule has 2 N–H and O–H groups in total. The van der Waals surface area contributed by atoms with Gasteiger partial charge < -0.3 is 15.3 Å². The summed E-state index contributed by atoms with van der Waals surface area (Å²) in [5, 5.41) is 12.6. The van der Waals surface area contributed by atoms with Crippen LogP contribution in [0.4, 0.5) is 0 Å². The Bertz CT molecular complexity index is 664. The molecule has 7 nitrogen and oxygen atoms in total. The maximum Gasteiger partial charge on any atom is 0.243 e. The van der Waals surface area contributed by atoms with Crippen LogP contribution in [0.3, 0.4) is 0 Å². The van der Waals surface area contributed by atoms with Gasteiger partial charge in [0.25, 0.3) is 0 Å². The van der Waals surface area contributed by atoms with E-state index < -0.39 is 22.0 Å². The molecule has 0 aliphatic carbocycles. The standard InChI is InChI=1S/C17H27N3O4S/c1-19(2)13-15(21)11-18-17(22)14-7-6-10-20(12-14)25(23,24)16-8-4-3-5-9-16/h3-5,8-9,14-15,21H,6-7,10-13H2,1-2H3,(H,18,22). The summed E-state index contributed by atoms with van der Waals surface area (Å²) in [6.45, 7) is 1.22. The summed E-state index contributed by atoms with van der Waals surface area (Å²) in [7, 11) is 0.113. The molecule has 1 aromatic carbocycles. The van der Waals surface area contributed by atoms with Gasteiger partial charge in [-0.15, -0.1) is 0 Å². The molecular weight excluding hydrogens is 342 g/mol. The number of aliphatic hydroxyl groups excluding tert-OH is 1. The van der Waals surface area contributed by atoms with Gasteiger partial charge in [-0.2, -0.15) is 4.31 Å². The summed E-state index contributed by atoms with van der Waals surface area (Å²) < 4.78 is 26.8. The van der Waals surface area contributed by atoms with Crippen LogP contribution < -0.4 is 5.32 Å². The summed E-state index contributed by atoms with van der Waals surface area (Å²) >= 11 is 0. The molecule has 1 aromatic rings. The molecule has 1 aliphatic rings. The highest BCUT2D eigenvalue weighted by molar-refractivity contribution is 7.89. The van der Waals surface area contributed by atoms with Gasteiger partial charge in [0.2, 0.25) is 15.9 Å². The first kappa shape index (κ1) is 19.8. The lowest BCUT2D eigenvalue weighted by Crippen LogP contribution is -2.47. The number of nitrogens with zero attached hydrogens (tertiary/aromatic N) is 2. The zero-order valence-corrected chi connectivity index (χ0v) is 15.6. The predicted molar refractivity (Wildman–Crippen MR) is 95.5 cm³/mol. The highest BCUT2D eigenvalue weighted by Gasteiger charge is 2.33. The van der Waals surface area contributed by atoms with Gasteiger partial charge in [0, 0.05) is 26.2 Å². The van der Waals surface area contributed by atoms with Crippen molar-refractivity contribution in [2.24, 2.45) is 5.92 Å². The van der Waals surface area contributed by atoms with E-state index >= 15 is 0 Å². The fraction of sp³-hybridized carbons (Fsp3) is 0.588. The summed E-state index contributed by atoms with van der Waals surface area (Å²) in [5.74, 6) is -0.593. The molecule has 2 rings (SSSR count). The molecule has 8 heteroatoms. The van der Waals surface area contributed by atoms with Crippen molar-refractivity contribution in [3.05, 3.63) is 30.3 Å². The molecule has 2 atom stereocenters. The van der Waals surface area contributed by atoms with Crippen molar-refractivity contribution in [2.75, 3.05) is 40.3 Å². The molecule has 1 saturated heterocycles. The first-order valence-electron chi connectivity index (χ1n) is 8.46. The van der Waals surface area contributed by atoms with Crippen LogP contribution in [0, 0.1) is 5.92 Å². The van der Waals surface area contributed by atoms with Gasteiger partial charge in [0.15, 0.2) is 0 Å². The van der Waals surface area contributed by atoms with E-state index in [4.69, 9.17) is 0 Å². The molecule has 0 spiro atoms. The molecule has 140 valence electrons. The average molecular weight is 369 g/mol. The lowest BCUT2D eigenvalue weighted by molar-refractivity contribution is -0.126. The first-order chi connectivity index (χ1) is 11.8. The molecule has 1 amide bonds. The summed E-state index contributed by atoms with van der Waals surface area (Å²) in [5.41, 5.74) is 0. The van der Waals surface area contributed by atoms with Crippen LogP contribution in [0.2, 0.25) is 0 Å². The summed E-state index contributed by atoms with van der Waals surface area (Å²) in [6, 6.07) is 8.28. The third-order valence-corrected chi connectivity index (χ3v) is 6.10. The molecule has 0 bridgehead atoms. The zero-order chi connectivity index (χ0) is 18.4. The van der Waals surface area contributed by atoms with Crippen LogP contribution in [-0.2, 0) is 14.8 Å². The number of piperidine rings is 1. The van der Waals surface area contributed by atoms with Crippen molar-refractivity contribution in [3.8, 4) is 0 Å². The number of sulfonamides is 1. The highest BCUT2D eigenvalue weighted by Crippen LogP contribution is 2.23. The van der Waals surface area contributed by atoms with Crippen molar-refractivity contribution in [1.82, 2.24) is 14.5 Å². The number of amides is 1. The van der Waals surface area contributed by atoms with Gasteiger partial charge in [-0.3, -0.25) is 4.79 Å². The Morgan fingerprint density at radius 2 is 2.04 bits per heavy atom. The number of rotatable bonds is 7. The van der Waals surface area contributed by atoms with E-state index in [0.717, 1.165) is 0 Å². The molecular formula is C17H27N3O4S. The second-order valence-electron chi connectivity index (χ2n) is 6.68. The Balaban J connectivity index is 1.95. The van der Waals surface area contributed by atoms with Crippen LogP contribution >= 0.6 is 0 Å². The lowest BCUT2D eigenvalue weighted by Gasteiger charge is -2.31. The normalized spacial score (nSPS) is 20.4. The number of carbonyl (C=O) groups is 1. The topological polar surface area (TPSA) is 89.9 Å². The van der Waals surface area contributed by atoms with Crippen molar-refractivity contribution in [3.63, 3.8) is 0 Å². The lowest BCUT2D eigenvalue weighted by atomic mass is 9.99. The number of hydrogen-bond donors (Lipinski definition) is 2. The van der Waals surface area contributed by atoms with Crippen LogP contribution in [-0.4, -0.2) is 75.0 Å². The fourth-order valence-electron chi connectivity index (χ4n) is 2.97. The second kappa shape index (κ2) is 8.75. The highest BCUT2D eigenvalue weighted by atomic mass is 32.2. The SMILES string of the molecule is CN(C)CC(O)CNC(=O)C1CCCN(S(=O)(=O)c2ccccc2)C1. The van der Waals surface area contributed by atoms with Crippen molar-refractivity contribution in [1.29, 1.82) is 0 Å². The maximum atomic E-state index is 12.7. The van der Waals surface area contributed by atoms with Crippen molar-refractivity contribution < 1.29 is 18.3 Å². The Kier molecular flexibility index (Phi) is 6.95. The summed E-state index contributed by atoms with van der Waals surface area (Å²) in [6.07, 6.45) is 0.646. The Hall–Kier alpha value is -1.48. The maximum absolute atomic E-state index is 12.7. The van der Waals surface area contributed by atoms with E-state index in [-0.39, 0.29) is 23.9 Å². The van der Waals surface area contributed by atoms with Crippen molar-refractivity contribution in [2.45, 2.75) is 23.8 Å². The molecule has 1 aliphatic heterocycles. The summed E-state index contributed by atoms with van der Waals surface area (Å²) in [4.78, 5) is 14.4. The van der Waals surface area contributed by atoms with E-state index in [1.165, 1.54) is 4.31 Å². The number of likely N-dealkylation sites (N-methyl/N-ethyl adjacent to an activating group) is 1. The number of aliphatic hydroxyl groups is 1. The average Bonchev–Trinajstić information content (AvgIpc) is 2.60. The van der Waals surface area contributed by atoms with E-state index in [1.54, 1.807) is 30.3 Å². The Morgan fingerprint density at radius 1 is 1.36 bits per heavy atom. The third kappa shape index (κ3) is 5.50. The minimum Gasteiger partial charge on any atom is -0.390 e. The van der Waals surface area contributed by atoms with E-state index in [1.807, 2.05) is 19.0 Å². The second-order valence-corrected chi connectivity index (χ2v) is 8.61. The molecule has 2 unspecified atom stereocenters. The van der Waals surface area contributed by atoms with Gasteiger partial charge in [0.05, 0.1) is 16.9 Å². The molecule has 0 aromatic heterocycles. The van der Waals surface area contributed by atoms with Crippen molar-refractivity contribution >= 4 is 15.9 Å². The first-order valence-corrected chi connectivity index (χ1v) is 9.90. The van der Waals surface area contributed by atoms with Crippen LogP contribution in [0.25, 0.3) is 0 Å². The Labute approximate surface area is 149 Å². The van der Waals surface area contributed by atoms with Gasteiger partial charge in [-0.25, -0.2) is 8.42 Å². The predicted octanol–water partition coefficient (Wildman–Crippen LogP) is 0.126. The van der Waals surface area contributed by atoms with Gasteiger partial charge in [-0.05, 0) is 39.1 Å². The molecule has 0 saturated carbocycles. The number of nitrogens with one attached hydrogen (secondary N) is 1. The molecule has 1 fully saturated rings. The fourth-order valence-corrected chi connectivity index (χ4v) is 4.51. The number of hydrogen-bond acceptors (Lipinski definition) is 5. The Morgan fingerprint density at radius 3 is 2.68 bits per heavy atom. The molecule has 0 radical (unpaired) electrons. The van der Waals surface area contributed by atoms with Gasteiger partial charge in [-0.1, -0.05) is 18.2 Å². The van der Waals surface area contributed by atoms with E-state index in [2.05, 4.69) is 5.32 Å². The van der Waals surface area contributed by atoms with Gasteiger partial charge >= 0.3 is 0 Å². The minimum absolute atomic E-state index is 0.166. The molecule has 25 heavy (non-hydrogen) atoms. The largest absolute Gasteiger partial charge is 0.390 e. The van der Waals surface area contributed by atoms with Gasteiger partial charge in [0.1, 0.15) is 0 Å². The zero-order valence-electron chi connectivity index (χ0n) is 14.8. The molecule has 1 heterocycles. The monoisotopic (exact) mass is 369 g/mol. The number of carbonyl (C=O) groups excluding carboxylic acids is 1. The third-order valence-electron chi connectivity index (χ3n) is 4.22.